The van der Waals surface area contributed by atoms with Crippen LogP contribution < -0.4 is 5.73 Å². The Labute approximate surface area is 162 Å². The topological polar surface area (TPSA) is 85.3 Å². The first-order chi connectivity index (χ1) is 13.3. The van der Waals surface area contributed by atoms with Crippen molar-refractivity contribution in [3.63, 3.8) is 0 Å². The van der Waals surface area contributed by atoms with Gasteiger partial charge in [0.15, 0.2) is 0 Å². The number of carbonyl (C=O) groups excluding carboxylic acids is 2. The number of primary amides is 1. The van der Waals surface area contributed by atoms with Gasteiger partial charge in [0, 0.05) is 16.6 Å². The fourth-order valence-corrected chi connectivity index (χ4v) is 3.72. The van der Waals surface area contributed by atoms with E-state index in [9.17, 15) is 19.1 Å². The fourth-order valence-electron chi connectivity index (χ4n) is 3.72. The summed E-state index contributed by atoms with van der Waals surface area (Å²) in [4.78, 5) is 25.4. The zero-order valence-corrected chi connectivity index (χ0v) is 15.9. The fraction of sp³-hybridized carbons (Fsp3) is 0.273. The van der Waals surface area contributed by atoms with Gasteiger partial charge in [-0.05, 0) is 55.3 Å². The molecule has 5 nitrogen and oxygen atoms in total. The molecule has 0 saturated carbocycles. The Morgan fingerprint density at radius 1 is 1.21 bits per heavy atom. The summed E-state index contributed by atoms with van der Waals surface area (Å²) in [5, 5.41) is 10.6. The van der Waals surface area contributed by atoms with Gasteiger partial charge in [-0.25, -0.2) is 4.39 Å². The van der Waals surface area contributed by atoms with Gasteiger partial charge in [-0.1, -0.05) is 25.8 Å². The molecule has 6 heteroatoms. The van der Waals surface area contributed by atoms with Gasteiger partial charge < -0.3 is 10.8 Å². The molecule has 0 radical (unpaired) electrons. The smallest absolute Gasteiger partial charge is 0.262 e. The number of phenolic OH excluding ortho intramolecular Hbond substituents is 1. The molecule has 3 aromatic rings. The second-order valence-electron chi connectivity index (χ2n) is 6.95. The molecule has 1 atom stereocenters. The molecule has 1 heterocycles. The molecule has 2 aromatic carbocycles. The minimum atomic E-state index is -0.578. The number of unbranched alkanes of at least 4 members (excludes halogenated alkanes) is 1. The first-order valence-corrected chi connectivity index (χ1v) is 9.28. The summed E-state index contributed by atoms with van der Waals surface area (Å²) in [7, 11) is 0. The molecule has 0 fully saturated rings. The van der Waals surface area contributed by atoms with E-state index in [1.54, 1.807) is 19.1 Å². The number of halogens is 1. The number of benzene rings is 2. The van der Waals surface area contributed by atoms with E-state index in [4.69, 9.17) is 5.73 Å². The summed E-state index contributed by atoms with van der Waals surface area (Å²) in [5.74, 6) is -1.93. The van der Waals surface area contributed by atoms with Crippen LogP contribution in [0.5, 0.6) is 5.75 Å². The number of phenols is 1. The van der Waals surface area contributed by atoms with Crippen molar-refractivity contribution in [1.29, 1.82) is 0 Å². The molecule has 28 heavy (non-hydrogen) atoms. The lowest BCUT2D eigenvalue weighted by atomic mass is 9.90. The van der Waals surface area contributed by atoms with Crippen molar-refractivity contribution in [2.45, 2.75) is 39.0 Å². The molecule has 0 spiro atoms. The van der Waals surface area contributed by atoms with Gasteiger partial charge in [-0.2, -0.15) is 0 Å². The quantitative estimate of drug-likeness (QED) is 0.669. The molecule has 3 rings (SSSR count). The molecule has 0 aliphatic heterocycles. The van der Waals surface area contributed by atoms with Gasteiger partial charge in [0.05, 0.1) is 11.4 Å². The molecular formula is C22H23FN2O3. The van der Waals surface area contributed by atoms with Crippen LogP contribution >= 0.6 is 0 Å². The number of aromatic nitrogens is 1. The Bertz CT molecular complexity index is 1060. The lowest BCUT2D eigenvalue weighted by Gasteiger charge is -2.14. The maximum absolute atomic E-state index is 13.6. The second kappa shape index (κ2) is 7.84. The van der Waals surface area contributed by atoms with E-state index in [-0.39, 0.29) is 11.3 Å². The summed E-state index contributed by atoms with van der Waals surface area (Å²) in [6, 6.07) is 10.1. The number of amides is 1. The third kappa shape index (κ3) is 3.50. The number of rotatable bonds is 6. The minimum absolute atomic E-state index is 0.0304. The summed E-state index contributed by atoms with van der Waals surface area (Å²) in [6.45, 7) is 3.76. The second-order valence-corrected chi connectivity index (χ2v) is 6.95. The molecule has 0 aliphatic carbocycles. The SMILES string of the molecule is CCCCC(C(N)=O)c1c(C)n(C(=O)c2cccc(F)c2)c2ccc(O)cc12. The third-order valence-corrected chi connectivity index (χ3v) is 5.05. The van der Waals surface area contributed by atoms with Crippen molar-refractivity contribution in [1.82, 2.24) is 4.57 Å². The first-order valence-electron chi connectivity index (χ1n) is 9.28. The number of nitrogens with two attached hydrogens (primary N) is 1. The van der Waals surface area contributed by atoms with Crippen molar-refractivity contribution >= 4 is 22.7 Å². The number of hydrogen-bond acceptors (Lipinski definition) is 3. The highest BCUT2D eigenvalue weighted by Crippen LogP contribution is 2.36. The molecule has 3 N–H and O–H groups in total. The predicted molar refractivity (Wildman–Crippen MR) is 106 cm³/mol. The highest BCUT2D eigenvalue weighted by molar-refractivity contribution is 6.05. The van der Waals surface area contributed by atoms with Gasteiger partial charge in [-0.15, -0.1) is 0 Å². The molecule has 1 unspecified atom stereocenters. The monoisotopic (exact) mass is 382 g/mol. The van der Waals surface area contributed by atoms with Crippen molar-refractivity contribution in [2.75, 3.05) is 0 Å². The van der Waals surface area contributed by atoms with Crippen molar-refractivity contribution in [3.05, 3.63) is 65.1 Å². The van der Waals surface area contributed by atoms with Crippen LogP contribution in [0, 0.1) is 12.7 Å². The molecule has 0 aliphatic rings. The van der Waals surface area contributed by atoms with Crippen molar-refractivity contribution in [3.8, 4) is 5.75 Å². The zero-order valence-electron chi connectivity index (χ0n) is 15.9. The third-order valence-electron chi connectivity index (χ3n) is 5.05. The van der Waals surface area contributed by atoms with E-state index < -0.39 is 23.5 Å². The average Bonchev–Trinajstić information content (AvgIpc) is 2.93. The molecule has 0 saturated heterocycles. The Kier molecular flexibility index (Phi) is 5.49. The largest absolute Gasteiger partial charge is 0.508 e. The molecular weight excluding hydrogens is 359 g/mol. The van der Waals surface area contributed by atoms with Crippen LogP contribution in [0.4, 0.5) is 4.39 Å². The Morgan fingerprint density at radius 3 is 2.61 bits per heavy atom. The van der Waals surface area contributed by atoms with Gasteiger partial charge in [-0.3, -0.25) is 14.2 Å². The number of aromatic hydroxyl groups is 1. The maximum atomic E-state index is 13.6. The van der Waals surface area contributed by atoms with Gasteiger partial charge in [0.1, 0.15) is 11.6 Å². The highest BCUT2D eigenvalue weighted by Gasteiger charge is 2.28. The number of carbonyl (C=O) groups is 2. The van der Waals surface area contributed by atoms with Crippen LogP contribution in [0.2, 0.25) is 0 Å². The van der Waals surface area contributed by atoms with Gasteiger partial charge >= 0.3 is 0 Å². The average molecular weight is 382 g/mol. The van der Waals surface area contributed by atoms with E-state index >= 15 is 0 Å². The molecule has 1 amide bonds. The van der Waals surface area contributed by atoms with E-state index in [2.05, 4.69) is 0 Å². The van der Waals surface area contributed by atoms with Crippen LogP contribution in [0.15, 0.2) is 42.5 Å². The summed E-state index contributed by atoms with van der Waals surface area (Å²) in [6.07, 6.45) is 2.25. The molecule has 146 valence electrons. The van der Waals surface area contributed by atoms with Crippen LogP contribution in [-0.2, 0) is 4.79 Å². The summed E-state index contributed by atoms with van der Waals surface area (Å²) >= 11 is 0. The Morgan fingerprint density at radius 2 is 1.96 bits per heavy atom. The van der Waals surface area contributed by atoms with Crippen molar-refractivity contribution < 1.29 is 19.1 Å². The Balaban J connectivity index is 2.26. The van der Waals surface area contributed by atoms with E-state index in [1.165, 1.54) is 34.9 Å². The van der Waals surface area contributed by atoms with Crippen LogP contribution in [-0.4, -0.2) is 21.5 Å². The maximum Gasteiger partial charge on any atom is 0.262 e. The number of nitrogens with zero attached hydrogens (tertiary/aromatic N) is 1. The standard InChI is InChI=1S/C22H23FN2O3/c1-3-4-8-17(21(24)27)20-13(2)25(19-10-9-16(26)12-18(19)20)22(28)14-6-5-7-15(23)11-14/h5-7,9-12,17,26H,3-4,8H2,1-2H3,(H2,24,27). The van der Waals surface area contributed by atoms with Crippen LogP contribution in [0.25, 0.3) is 10.9 Å². The minimum Gasteiger partial charge on any atom is -0.508 e. The normalized spacial score (nSPS) is 12.2. The van der Waals surface area contributed by atoms with E-state index in [1.807, 2.05) is 6.92 Å². The van der Waals surface area contributed by atoms with Crippen LogP contribution in [0.1, 0.15) is 53.7 Å². The number of hydrogen-bond donors (Lipinski definition) is 2. The first kappa shape index (κ1) is 19.6. The number of fused-ring (bicyclic) bond motifs is 1. The zero-order chi connectivity index (χ0) is 20.4. The van der Waals surface area contributed by atoms with E-state index in [0.29, 0.717) is 28.6 Å². The lowest BCUT2D eigenvalue weighted by molar-refractivity contribution is -0.119. The molecule has 0 bridgehead atoms. The molecule has 1 aromatic heterocycles. The highest BCUT2D eigenvalue weighted by atomic mass is 19.1. The van der Waals surface area contributed by atoms with Gasteiger partial charge in [0.2, 0.25) is 5.91 Å². The predicted octanol–water partition coefficient (Wildman–Crippen LogP) is 4.24. The van der Waals surface area contributed by atoms with Crippen molar-refractivity contribution in [2.24, 2.45) is 5.73 Å². The van der Waals surface area contributed by atoms with Gasteiger partial charge in [0.25, 0.3) is 5.91 Å². The Hall–Kier alpha value is -3.15. The van der Waals surface area contributed by atoms with Crippen LogP contribution in [0.3, 0.4) is 0 Å². The van der Waals surface area contributed by atoms with E-state index in [0.717, 1.165) is 12.8 Å². The summed E-state index contributed by atoms with van der Waals surface area (Å²) < 4.78 is 15.1. The summed E-state index contributed by atoms with van der Waals surface area (Å²) in [5.41, 5.74) is 7.62. The lowest BCUT2D eigenvalue weighted by Crippen LogP contribution is -2.22.